The van der Waals surface area contributed by atoms with Crippen molar-refractivity contribution < 1.29 is 9.53 Å². The highest BCUT2D eigenvalue weighted by atomic mass is 16.5. The number of carbonyl (C=O) groups is 1. The second-order valence-electron chi connectivity index (χ2n) is 5.46. The zero-order chi connectivity index (χ0) is 18.9. The van der Waals surface area contributed by atoms with Gasteiger partial charge in [-0.2, -0.15) is 0 Å². The molecule has 2 N–H and O–H groups in total. The van der Waals surface area contributed by atoms with Crippen LogP contribution in [-0.4, -0.2) is 24.5 Å². The number of aromatic amines is 1. The summed E-state index contributed by atoms with van der Waals surface area (Å²) in [4.78, 5) is 26.9. The van der Waals surface area contributed by atoms with E-state index in [1.807, 2.05) is 50.2 Å². The van der Waals surface area contributed by atoms with Crippen molar-refractivity contribution in [3.8, 4) is 5.75 Å². The van der Waals surface area contributed by atoms with Crippen LogP contribution >= 0.6 is 0 Å². The van der Waals surface area contributed by atoms with E-state index in [1.165, 1.54) is 0 Å². The van der Waals surface area contributed by atoms with Gasteiger partial charge in [-0.15, -0.1) is 0 Å². The van der Waals surface area contributed by atoms with Crippen LogP contribution in [-0.2, 0) is 6.42 Å². The molecule has 0 aliphatic rings. The Morgan fingerprint density at radius 1 is 1.08 bits per heavy atom. The van der Waals surface area contributed by atoms with E-state index in [2.05, 4.69) is 10.3 Å². The number of ether oxygens (including phenoxy) is 1. The predicted octanol–water partition coefficient (Wildman–Crippen LogP) is 3.54. The Labute approximate surface area is 153 Å². The number of aromatic nitrogens is 1. The minimum absolute atomic E-state index is 0.258. The number of pyridine rings is 1. The highest BCUT2D eigenvalue weighted by Gasteiger charge is 2.09. The summed E-state index contributed by atoms with van der Waals surface area (Å²) in [5, 5.41) is 4.15. The van der Waals surface area contributed by atoms with Crippen LogP contribution in [0, 0.1) is 0 Å². The first kappa shape index (κ1) is 19.2. The van der Waals surface area contributed by atoms with E-state index in [-0.39, 0.29) is 17.2 Å². The number of H-pyrrole nitrogens is 1. The van der Waals surface area contributed by atoms with Gasteiger partial charge >= 0.3 is 0 Å². The molecule has 0 fully saturated rings. The summed E-state index contributed by atoms with van der Waals surface area (Å²) in [7, 11) is 1.62. The van der Waals surface area contributed by atoms with Crippen molar-refractivity contribution in [3.05, 3.63) is 76.2 Å². The molecule has 26 heavy (non-hydrogen) atoms. The third-order valence-corrected chi connectivity index (χ3v) is 3.83. The van der Waals surface area contributed by atoms with Crippen LogP contribution in [0.4, 0.5) is 0 Å². The van der Waals surface area contributed by atoms with Crippen molar-refractivity contribution in [2.24, 2.45) is 0 Å². The molecule has 136 valence electrons. The maximum Gasteiger partial charge on any atom is 0.267 e. The van der Waals surface area contributed by atoms with Gasteiger partial charge < -0.3 is 15.0 Å². The summed E-state index contributed by atoms with van der Waals surface area (Å²) >= 11 is 0. The predicted molar refractivity (Wildman–Crippen MR) is 105 cm³/mol. The van der Waals surface area contributed by atoms with Crippen molar-refractivity contribution in [2.75, 3.05) is 13.7 Å². The summed E-state index contributed by atoms with van der Waals surface area (Å²) in [5.41, 5.74) is 1.08. The van der Waals surface area contributed by atoms with Crippen LogP contribution < -0.4 is 15.6 Å². The van der Waals surface area contributed by atoms with Gasteiger partial charge in [-0.3, -0.25) is 9.59 Å². The molecule has 0 spiro atoms. The smallest absolute Gasteiger partial charge is 0.267 e. The maximum atomic E-state index is 12.2. The van der Waals surface area contributed by atoms with Gasteiger partial charge in [-0.05, 0) is 41.6 Å². The third-order valence-electron chi connectivity index (χ3n) is 3.83. The lowest BCUT2D eigenvalue weighted by molar-refractivity contribution is 0.0949. The van der Waals surface area contributed by atoms with E-state index in [0.717, 1.165) is 16.7 Å². The first-order chi connectivity index (χ1) is 12.7. The number of carbonyl (C=O) groups excluding carboxylic acids is 1. The number of fused-ring (bicyclic) bond motifs is 1. The molecule has 1 heterocycles. The van der Waals surface area contributed by atoms with Crippen LogP contribution in [0.1, 0.15) is 29.9 Å². The highest BCUT2D eigenvalue weighted by molar-refractivity contribution is 5.96. The minimum Gasteiger partial charge on any atom is -0.497 e. The van der Waals surface area contributed by atoms with Crippen molar-refractivity contribution in [2.45, 2.75) is 20.3 Å². The average molecular weight is 352 g/mol. The molecule has 0 saturated carbocycles. The zero-order valence-electron chi connectivity index (χ0n) is 15.3. The van der Waals surface area contributed by atoms with E-state index in [4.69, 9.17) is 4.74 Å². The Balaban J connectivity index is 0.00000117. The molecule has 1 aromatic heterocycles. The molecule has 0 atom stereocenters. The number of amides is 1. The average Bonchev–Trinajstić information content (AvgIpc) is 2.69. The molecule has 1 amide bonds. The Morgan fingerprint density at radius 2 is 1.85 bits per heavy atom. The zero-order valence-corrected chi connectivity index (χ0v) is 15.3. The van der Waals surface area contributed by atoms with Crippen LogP contribution in [0.2, 0.25) is 0 Å². The molecule has 0 bridgehead atoms. The van der Waals surface area contributed by atoms with Gasteiger partial charge in [0.05, 0.1) is 7.11 Å². The van der Waals surface area contributed by atoms with Crippen molar-refractivity contribution in [1.82, 2.24) is 10.3 Å². The van der Waals surface area contributed by atoms with Crippen molar-refractivity contribution in [1.29, 1.82) is 0 Å². The Bertz CT molecular complexity index is 932. The number of hydrogen-bond donors (Lipinski definition) is 2. The SMILES string of the molecule is CC.COc1cccc(CCNC(=O)c2cc3ccccc3c(=O)[nH]2)c1. The van der Waals surface area contributed by atoms with E-state index in [9.17, 15) is 9.59 Å². The molecule has 0 aliphatic heterocycles. The first-order valence-corrected chi connectivity index (χ1v) is 8.70. The molecule has 3 rings (SSSR count). The number of hydrogen-bond acceptors (Lipinski definition) is 3. The second-order valence-corrected chi connectivity index (χ2v) is 5.46. The molecule has 5 nitrogen and oxygen atoms in total. The highest BCUT2D eigenvalue weighted by Crippen LogP contribution is 2.13. The van der Waals surface area contributed by atoms with Gasteiger partial charge in [0.1, 0.15) is 11.4 Å². The van der Waals surface area contributed by atoms with Crippen LogP contribution in [0.25, 0.3) is 10.8 Å². The summed E-state index contributed by atoms with van der Waals surface area (Å²) in [6.07, 6.45) is 0.681. The van der Waals surface area contributed by atoms with E-state index >= 15 is 0 Å². The first-order valence-electron chi connectivity index (χ1n) is 8.70. The molecule has 0 aliphatic carbocycles. The molecule has 5 heteroatoms. The Hall–Kier alpha value is -3.08. The lowest BCUT2D eigenvalue weighted by Gasteiger charge is -2.07. The lowest BCUT2D eigenvalue weighted by atomic mass is 10.1. The molecular formula is C21H24N2O3. The van der Waals surface area contributed by atoms with Gasteiger partial charge in [0.25, 0.3) is 11.5 Å². The fourth-order valence-electron chi connectivity index (χ4n) is 2.58. The molecule has 0 unspecified atom stereocenters. The summed E-state index contributed by atoms with van der Waals surface area (Å²) in [6.45, 7) is 4.47. The van der Waals surface area contributed by atoms with Gasteiger partial charge in [-0.25, -0.2) is 0 Å². The monoisotopic (exact) mass is 352 g/mol. The molecule has 0 radical (unpaired) electrons. The molecule has 3 aromatic rings. The Kier molecular flexibility index (Phi) is 6.97. The quantitative estimate of drug-likeness (QED) is 0.738. The topological polar surface area (TPSA) is 71.2 Å². The minimum atomic E-state index is -0.291. The fourth-order valence-corrected chi connectivity index (χ4v) is 2.58. The number of benzene rings is 2. The van der Waals surface area contributed by atoms with Crippen molar-refractivity contribution in [3.63, 3.8) is 0 Å². The van der Waals surface area contributed by atoms with Gasteiger partial charge in [0.2, 0.25) is 0 Å². The maximum absolute atomic E-state index is 12.2. The van der Waals surface area contributed by atoms with Crippen LogP contribution in [0.5, 0.6) is 5.75 Å². The van der Waals surface area contributed by atoms with Gasteiger partial charge in [-0.1, -0.05) is 44.2 Å². The molecule has 2 aromatic carbocycles. The summed E-state index contributed by atoms with van der Waals surface area (Å²) in [5.74, 6) is 0.499. The van der Waals surface area contributed by atoms with Crippen molar-refractivity contribution >= 4 is 16.7 Å². The van der Waals surface area contributed by atoms with E-state index in [0.29, 0.717) is 18.4 Å². The van der Waals surface area contributed by atoms with Crippen LogP contribution in [0.3, 0.4) is 0 Å². The molecular weight excluding hydrogens is 328 g/mol. The number of nitrogens with one attached hydrogen (secondary N) is 2. The third kappa shape index (κ3) is 4.72. The lowest BCUT2D eigenvalue weighted by Crippen LogP contribution is -2.28. The largest absolute Gasteiger partial charge is 0.497 e. The summed E-state index contributed by atoms with van der Waals surface area (Å²) in [6, 6.07) is 16.6. The van der Waals surface area contributed by atoms with Crippen LogP contribution in [0.15, 0.2) is 59.4 Å². The second kappa shape index (κ2) is 9.42. The van der Waals surface area contributed by atoms with E-state index in [1.54, 1.807) is 25.3 Å². The van der Waals surface area contributed by atoms with E-state index < -0.39 is 0 Å². The summed E-state index contributed by atoms with van der Waals surface area (Å²) < 4.78 is 5.18. The number of methoxy groups -OCH3 is 1. The number of rotatable bonds is 5. The standard InChI is InChI=1S/C19H18N2O3.C2H6/c1-24-15-7-4-5-13(11-15)9-10-20-19(23)17-12-14-6-2-3-8-16(14)18(22)21-17;1-2/h2-8,11-12H,9-10H2,1H3,(H,20,23)(H,21,22);1-2H3. The molecule has 0 saturated heterocycles. The Morgan fingerprint density at radius 3 is 2.62 bits per heavy atom. The van der Waals surface area contributed by atoms with Gasteiger partial charge in [0, 0.05) is 11.9 Å². The normalized spacial score (nSPS) is 9.96. The fraction of sp³-hybridized carbons (Fsp3) is 0.238. The van der Waals surface area contributed by atoms with Gasteiger partial charge in [0.15, 0.2) is 0 Å².